The van der Waals surface area contributed by atoms with Gasteiger partial charge in [-0.3, -0.25) is 0 Å². The summed E-state index contributed by atoms with van der Waals surface area (Å²) in [6, 6.07) is 8.06. The average Bonchev–Trinajstić information content (AvgIpc) is 2.47. The molecule has 1 fully saturated rings. The first-order valence-corrected chi connectivity index (χ1v) is 4.36. The smallest absolute Gasteiger partial charge is 0.268 e. The van der Waals surface area contributed by atoms with E-state index in [1.165, 1.54) is 0 Å². The maximum atomic E-state index is 13.2. The molecule has 1 nitrogen and oxygen atoms in total. The van der Waals surface area contributed by atoms with E-state index in [-0.39, 0.29) is 18.8 Å². The molecule has 0 amide bonds. The molecule has 1 aromatic carbocycles. The largest absolute Gasteiger partial charge is 0.305 e. The van der Waals surface area contributed by atoms with Crippen molar-refractivity contribution in [1.82, 2.24) is 5.32 Å². The van der Waals surface area contributed by atoms with Crippen LogP contribution in [0.4, 0.5) is 8.78 Å². The fraction of sp³-hybridized carbons (Fsp3) is 0.400. The molecule has 4 heteroatoms. The van der Waals surface area contributed by atoms with Gasteiger partial charge in [0.25, 0.3) is 5.92 Å². The number of rotatable bonds is 1. The average molecular weight is 220 g/mol. The lowest BCUT2D eigenvalue weighted by Crippen LogP contribution is -2.26. The quantitative estimate of drug-likeness (QED) is 0.766. The summed E-state index contributed by atoms with van der Waals surface area (Å²) in [7, 11) is 0. The molecule has 2 rings (SSSR count). The zero-order chi connectivity index (χ0) is 9.31. The van der Waals surface area contributed by atoms with E-state index >= 15 is 0 Å². The third-order valence-corrected chi connectivity index (χ3v) is 2.36. The molecule has 0 aliphatic carbocycles. The van der Waals surface area contributed by atoms with Crippen molar-refractivity contribution in [3.05, 3.63) is 35.9 Å². The van der Waals surface area contributed by atoms with Crippen molar-refractivity contribution in [2.45, 2.75) is 18.4 Å². The first-order valence-electron chi connectivity index (χ1n) is 4.36. The lowest BCUT2D eigenvalue weighted by atomic mass is 10.0. The van der Waals surface area contributed by atoms with Crippen molar-refractivity contribution in [2.75, 3.05) is 6.54 Å². The third-order valence-electron chi connectivity index (χ3n) is 2.36. The van der Waals surface area contributed by atoms with Crippen molar-refractivity contribution >= 4 is 12.4 Å². The lowest BCUT2D eigenvalue weighted by molar-refractivity contribution is -0.0116. The van der Waals surface area contributed by atoms with Gasteiger partial charge in [-0.25, -0.2) is 8.78 Å². The molecule has 1 atom stereocenters. The summed E-state index contributed by atoms with van der Waals surface area (Å²) >= 11 is 0. The molecular formula is C10H12ClF2N. The summed E-state index contributed by atoms with van der Waals surface area (Å²) in [5, 5.41) is 2.81. The molecule has 1 aliphatic rings. The highest BCUT2D eigenvalue weighted by atomic mass is 35.5. The molecule has 1 heterocycles. The van der Waals surface area contributed by atoms with E-state index in [2.05, 4.69) is 5.32 Å². The Bertz CT molecular complexity index is 289. The van der Waals surface area contributed by atoms with Crippen LogP contribution >= 0.6 is 12.4 Å². The Labute approximate surface area is 87.9 Å². The second kappa shape index (κ2) is 4.24. The minimum Gasteiger partial charge on any atom is -0.305 e. The molecule has 0 saturated carbocycles. The molecule has 1 aliphatic heterocycles. The minimum atomic E-state index is -2.60. The van der Waals surface area contributed by atoms with E-state index < -0.39 is 12.0 Å². The van der Waals surface area contributed by atoms with Crippen LogP contribution < -0.4 is 5.32 Å². The predicted molar refractivity (Wildman–Crippen MR) is 54.0 cm³/mol. The molecule has 0 aromatic heterocycles. The van der Waals surface area contributed by atoms with Crippen molar-refractivity contribution in [2.24, 2.45) is 0 Å². The normalized spacial score (nSPS) is 24.3. The number of hydrogen-bond donors (Lipinski definition) is 1. The molecule has 1 N–H and O–H groups in total. The van der Waals surface area contributed by atoms with Gasteiger partial charge in [0.05, 0.1) is 6.04 Å². The Morgan fingerprint density at radius 1 is 1.21 bits per heavy atom. The molecule has 14 heavy (non-hydrogen) atoms. The number of halogens is 3. The van der Waals surface area contributed by atoms with Crippen LogP contribution in [0.2, 0.25) is 0 Å². The van der Waals surface area contributed by atoms with Crippen LogP contribution in [0.5, 0.6) is 0 Å². The fourth-order valence-corrected chi connectivity index (χ4v) is 1.68. The van der Waals surface area contributed by atoms with Crippen molar-refractivity contribution in [3.8, 4) is 0 Å². The summed E-state index contributed by atoms with van der Waals surface area (Å²) in [6.45, 7) is 0.395. The second-order valence-electron chi connectivity index (χ2n) is 3.31. The van der Waals surface area contributed by atoms with E-state index in [1.54, 1.807) is 24.3 Å². The van der Waals surface area contributed by atoms with Crippen LogP contribution in [0.15, 0.2) is 30.3 Å². The monoisotopic (exact) mass is 219 g/mol. The standard InChI is InChI=1S/C10H11F2N.ClH/c11-10(12)6-7-13-9(10)8-4-2-1-3-5-8;/h1-5,9,13H,6-7H2;1H. The number of nitrogens with one attached hydrogen (secondary N) is 1. The Morgan fingerprint density at radius 3 is 2.36 bits per heavy atom. The van der Waals surface area contributed by atoms with E-state index in [9.17, 15) is 8.78 Å². The van der Waals surface area contributed by atoms with E-state index in [1.807, 2.05) is 6.07 Å². The van der Waals surface area contributed by atoms with Gasteiger partial charge in [0, 0.05) is 13.0 Å². The van der Waals surface area contributed by atoms with Crippen LogP contribution in [0, 0.1) is 0 Å². The Balaban J connectivity index is 0.000000980. The summed E-state index contributed by atoms with van der Waals surface area (Å²) in [4.78, 5) is 0. The lowest BCUT2D eigenvalue weighted by Gasteiger charge is -2.18. The van der Waals surface area contributed by atoms with Gasteiger partial charge >= 0.3 is 0 Å². The highest BCUT2D eigenvalue weighted by molar-refractivity contribution is 5.85. The first-order chi connectivity index (χ1) is 6.20. The van der Waals surface area contributed by atoms with Crippen LogP contribution in [-0.2, 0) is 0 Å². The Kier molecular flexibility index (Phi) is 3.45. The summed E-state index contributed by atoms with van der Waals surface area (Å²) in [5.41, 5.74) is 0.671. The summed E-state index contributed by atoms with van der Waals surface area (Å²) < 4.78 is 26.5. The van der Waals surface area contributed by atoms with Gasteiger partial charge in [-0.15, -0.1) is 12.4 Å². The highest BCUT2D eigenvalue weighted by Crippen LogP contribution is 2.37. The predicted octanol–water partition coefficient (Wildman–Crippen LogP) is 2.78. The molecule has 1 aromatic rings. The maximum absolute atomic E-state index is 13.2. The van der Waals surface area contributed by atoms with Crippen molar-refractivity contribution in [3.63, 3.8) is 0 Å². The SMILES string of the molecule is Cl.FC1(F)CCNC1c1ccccc1. The van der Waals surface area contributed by atoms with Gasteiger partial charge in [0.15, 0.2) is 0 Å². The molecule has 1 unspecified atom stereocenters. The fourth-order valence-electron chi connectivity index (χ4n) is 1.68. The van der Waals surface area contributed by atoms with E-state index in [0.717, 1.165) is 0 Å². The maximum Gasteiger partial charge on any atom is 0.268 e. The second-order valence-corrected chi connectivity index (χ2v) is 3.31. The van der Waals surface area contributed by atoms with Crippen LogP contribution in [-0.4, -0.2) is 12.5 Å². The Hall–Kier alpha value is -0.670. The van der Waals surface area contributed by atoms with Gasteiger partial charge in [-0.05, 0) is 5.56 Å². The number of hydrogen-bond acceptors (Lipinski definition) is 1. The summed E-state index contributed by atoms with van der Waals surface area (Å²) in [5.74, 6) is -2.60. The number of alkyl halides is 2. The third kappa shape index (κ3) is 2.04. The van der Waals surface area contributed by atoms with Crippen molar-refractivity contribution in [1.29, 1.82) is 0 Å². The Morgan fingerprint density at radius 2 is 1.86 bits per heavy atom. The molecule has 0 radical (unpaired) electrons. The number of benzene rings is 1. The first kappa shape index (κ1) is 11.4. The molecular weight excluding hydrogens is 208 g/mol. The molecule has 1 saturated heterocycles. The van der Waals surface area contributed by atoms with E-state index in [0.29, 0.717) is 12.1 Å². The zero-order valence-electron chi connectivity index (χ0n) is 7.54. The van der Waals surface area contributed by atoms with Gasteiger partial charge in [-0.2, -0.15) is 0 Å². The van der Waals surface area contributed by atoms with Gasteiger partial charge in [0.1, 0.15) is 0 Å². The van der Waals surface area contributed by atoms with Gasteiger partial charge in [-0.1, -0.05) is 30.3 Å². The molecule has 0 bridgehead atoms. The van der Waals surface area contributed by atoms with Crippen LogP contribution in [0.3, 0.4) is 0 Å². The molecule has 0 spiro atoms. The van der Waals surface area contributed by atoms with E-state index in [4.69, 9.17) is 0 Å². The van der Waals surface area contributed by atoms with Crippen molar-refractivity contribution < 1.29 is 8.78 Å². The molecule has 78 valence electrons. The van der Waals surface area contributed by atoms with Gasteiger partial charge < -0.3 is 5.32 Å². The summed E-state index contributed by atoms with van der Waals surface area (Å²) in [6.07, 6.45) is -0.0629. The van der Waals surface area contributed by atoms with Crippen LogP contribution in [0.25, 0.3) is 0 Å². The highest BCUT2D eigenvalue weighted by Gasteiger charge is 2.44. The minimum absolute atomic E-state index is 0. The topological polar surface area (TPSA) is 12.0 Å². The van der Waals surface area contributed by atoms with Crippen LogP contribution in [0.1, 0.15) is 18.0 Å². The van der Waals surface area contributed by atoms with Gasteiger partial charge in [0.2, 0.25) is 0 Å². The zero-order valence-corrected chi connectivity index (χ0v) is 8.36.